The van der Waals surface area contributed by atoms with E-state index in [4.69, 9.17) is 27.9 Å². The van der Waals surface area contributed by atoms with E-state index in [-0.39, 0.29) is 11.7 Å². The normalized spacial score (nSPS) is 23.3. The second-order valence-electron chi connectivity index (χ2n) is 11.0. The zero-order valence-electron chi connectivity index (χ0n) is 21.4. The van der Waals surface area contributed by atoms with E-state index in [9.17, 15) is 23.1 Å². The van der Waals surface area contributed by atoms with Gasteiger partial charge < -0.3 is 14.7 Å². The van der Waals surface area contributed by atoms with Crippen LogP contribution in [0.15, 0.2) is 48.5 Å². The first-order valence-corrected chi connectivity index (χ1v) is 14.9. The molecule has 0 bridgehead atoms. The largest absolute Gasteiger partial charge is 0.481 e. The van der Waals surface area contributed by atoms with Crippen LogP contribution in [0.3, 0.4) is 0 Å². The zero-order chi connectivity index (χ0) is 27.8. The summed E-state index contributed by atoms with van der Waals surface area (Å²) in [5.74, 6) is -2.10. The number of sulfonamides is 1. The number of carboxylic acids is 1. The number of halogens is 2. The number of aliphatic carboxylic acids is 1. The maximum absolute atomic E-state index is 14.0. The zero-order valence-corrected chi connectivity index (χ0v) is 23.8. The standard InChI is InChI=1S/C27H32Cl2N2O6S/c1-27(2,3)30-38(35,36)15-21(16-7-8-16)31-24(17-9-11-19(28)12-10-17)25(18-5-4-6-20(29)13-18)37-22(26(31)34)14-23(32)33/h4-6,9-13,16,21-22,24-25,30H,7-8,14-15H2,1-3H3,(H,32,33)/t21-,22+,24-,25-/m1/s1. The monoisotopic (exact) mass is 582 g/mol. The molecule has 2 aromatic rings. The lowest BCUT2D eigenvalue weighted by Gasteiger charge is -2.48. The van der Waals surface area contributed by atoms with E-state index < -0.39 is 58.2 Å². The van der Waals surface area contributed by atoms with Gasteiger partial charge in [0.25, 0.3) is 5.91 Å². The van der Waals surface area contributed by atoms with Crippen molar-refractivity contribution < 1.29 is 27.9 Å². The fourth-order valence-corrected chi connectivity index (χ4v) is 7.24. The van der Waals surface area contributed by atoms with Crippen LogP contribution in [0.5, 0.6) is 0 Å². The fraction of sp³-hybridized carbons (Fsp3) is 0.481. The SMILES string of the molecule is CC(C)(C)NS(=O)(=O)C[C@H](C1CC1)N1C(=O)[C@H](CC(=O)O)O[C@H](c2cccc(Cl)c2)[C@H]1c1ccc(Cl)cc1. The molecule has 0 radical (unpaired) electrons. The highest BCUT2D eigenvalue weighted by molar-refractivity contribution is 7.89. The first-order chi connectivity index (χ1) is 17.7. The number of hydrogen-bond donors (Lipinski definition) is 2. The first kappa shape index (κ1) is 28.8. The number of amides is 1. The number of carboxylic acid groups (broad SMARTS) is 1. The predicted molar refractivity (Wildman–Crippen MR) is 146 cm³/mol. The molecule has 1 heterocycles. The Morgan fingerprint density at radius 2 is 1.76 bits per heavy atom. The van der Waals surface area contributed by atoms with E-state index >= 15 is 0 Å². The van der Waals surface area contributed by atoms with Crippen LogP contribution in [0.2, 0.25) is 10.0 Å². The second-order valence-corrected chi connectivity index (χ2v) is 13.6. The molecule has 38 heavy (non-hydrogen) atoms. The summed E-state index contributed by atoms with van der Waals surface area (Å²) in [4.78, 5) is 27.2. The van der Waals surface area contributed by atoms with Crippen LogP contribution in [-0.4, -0.2) is 53.7 Å². The molecule has 4 atom stereocenters. The number of ether oxygens (including phenoxy) is 1. The maximum Gasteiger partial charge on any atom is 0.306 e. The van der Waals surface area contributed by atoms with Crippen LogP contribution >= 0.6 is 23.2 Å². The summed E-state index contributed by atoms with van der Waals surface area (Å²) >= 11 is 12.5. The van der Waals surface area contributed by atoms with E-state index in [2.05, 4.69) is 4.72 Å². The molecule has 2 fully saturated rings. The molecule has 1 saturated heterocycles. The minimum atomic E-state index is -3.80. The van der Waals surface area contributed by atoms with Crippen molar-refractivity contribution in [3.63, 3.8) is 0 Å². The van der Waals surface area contributed by atoms with Crippen molar-refractivity contribution in [2.45, 2.75) is 69.9 Å². The number of nitrogens with one attached hydrogen (secondary N) is 1. The predicted octanol–water partition coefficient (Wildman–Crippen LogP) is 4.97. The molecule has 4 rings (SSSR count). The van der Waals surface area contributed by atoms with Crippen LogP contribution in [0.1, 0.15) is 63.3 Å². The van der Waals surface area contributed by atoms with Gasteiger partial charge in [-0.3, -0.25) is 9.59 Å². The Balaban J connectivity index is 1.86. The molecule has 0 unspecified atom stereocenters. The van der Waals surface area contributed by atoms with E-state index in [1.165, 1.54) is 0 Å². The number of benzene rings is 2. The van der Waals surface area contributed by atoms with Crippen LogP contribution in [0.4, 0.5) is 0 Å². The summed E-state index contributed by atoms with van der Waals surface area (Å²) < 4.78 is 35.4. The number of morpholine rings is 1. The average molecular weight is 584 g/mol. The van der Waals surface area contributed by atoms with E-state index in [0.29, 0.717) is 21.2 Å². The fourth-order valence-electron chi connectivity index (χ4n) is 5.02. The number of nitrogens with zero attached hydrogens (tertiary/aromatic N) is 1. The van der Waals surface area contributed by atoms with Crippen molar-refractivity contribution in [1.82, 2.24) is 9.62 Å². The lowest BCUT2D eigenvalue weighted by atomic mass is 9.89. The van der Waals surface area contributed by atoms with Gasteiger partial charge in [0.1, 0.15) is 12.2 Å². The Kier molecular flexibility index (Phi) is 8.45. The van der Waals surface area contributed by atoms with Gasteiger partial charge >= 0.3 is 5.97 Å². The van der Waals surface area contributed by atoms with Gasteiger partial charge in [0.05, 0.1) is 24.3 Å². The van der Waals surface area contributed by atoms with E-state index in [1.807, 2.05) is 0 Å². The van der Waals surface area contributed by atoms with Crippen molar-refractivity contribution >= 4 is 45.1 Å². The Morgan fingerprint density at radius 3 is 2.32 bits per heavy atom. The molecule has 0 spiro atoms. The molecular weight excluding hydrogens is 551 g/mol. The van der Waals surface area contributed by atoms with Crippen molar-refractivity contribution in [2.24, 2.45) is 5.92 Å². The van der Waals surface area contributed by atoms with Gasteiger partial charge in [0, 0.05) is 15.6 Å². The molecule has 11 heteroatoms. The number of carbonyl (C=O) groups is 2. The molecule has 2 aromatic carbocycles. The Hall–Kier alpha value is -2.17. The van der Waals surface area contributed by atoms with Gasteiger partial charge in [-0.05, 0) is 74.9 Å². The highest BCUT2D eigenvalue weighted by Crippen LogP contribution is 2.48. The van der Waals surface area contributed by atoms with Crippen molar-refractivity contribution in [1.29, 1.82) is 0 Å². The smallest absolute Gasteiger partial charge is 0.306 e. The minimum Gasteiger partial charge on any atom is -0.481 e. The van der Waals surface area contributed by atoms with Gasteiger partial charge in [-0.2, -0.15) is 0 Å². The molecule has 1 amide bonds. The van der Waals surface area contributed by atoms with Gasteiger partial charge in [-0.1, -0.05) is 47.5 Å². The average Bonchev–Trinajstić information content (AvgIpc) is 3.63. The van der Waals surface area contributed by atoms with Gasteiger partial charge in [0.2, 0.25) is 10.0 Å². The molecule has 1 aliphatic carbocycles. The molecule has 2 aliphatic rings. The summed E-state index contributed by atoms with van der Waals surface area (Å²) in [5.41, 5.74) is 0.635. The van der Waals surface area contributed by atoms with E-state index in [1.54, 1.807) is 74.2 Å². The summed E-state index contributed by atoms with van der Waals surface area (Å²) in [7, 11) is -3.80. The van der Waals surface area contributed by atoms with Crippen molar-refractivity contribution in [3.8, 4) is 0 Å². The van der Waals surface area contributed by atoms with Gasteiger partial charge in [0.15, 0.2) is 0 Å². The highest BCUT2D eigenvalue weighted by Gasteiger charge is 2.51. The second kappa shape index (κ2) is 11.1. The number of hydrogen-bond acceptors (Lipinski definition) is 5. The Morgan fingerprint density at radius 1 is 1.11 bits per heavy atom. The quantitative estimate of drug-likeness (QED) is 0.431. The van der Waals surface area contributed by atoms with Crippen molar-refractivity contribution in [3.05, 3.63) is 69.7 Å². The summed E-state index contributed by atoms with van der Waals surface area (Å²) in [6.07, 6.45) is -1.11. The summed E-state index contributed by atoms with van der Waals surface area (Å²) in [6.45, 7) is 5.27. The third kappa shape index (κ3) is 7.07. The van der Waals surface area contributed by atoms with Crippen LogP contribution in [-0.2, 0) is 24.3 Å². The number of rotatable bonds is 9. The van der Waals surface area contributed by atoms with Gasteiger partial charge in [-0.15, -0.1) is 0 Å². The summed E-state index contributed by atoms with van der Waals surface area (Å²) in [5, 5.41) is 10.5. The molecule has 2 N–H and O–H groups in total. The number of carbonyl (C=O) groups excluding carboxylic acids is 1. The first-order valence-electron chi connectivity index (χ1n) is 12.5. The topological polar surface area (TPSA) is 113 Å². The minimum absolute atomic E-state index is 0.0473. The molecule has 206 valence electrons. The summed E-state index contributed by atoms with van der Waals surface area (Å²) in [6, 6.07) is 12.5. The highest BCUT2D eigenvalue weighted by atomic mass is 35.5. The lowest BCUT2D eigenvalue weighted by Crippen LogP contribution is -2.58. The van der Waals surface area contributed by atoms with Crippen LogP contribution < -0.4 is 4.72 Å². The third-order valence-corrected chi connectivity index (χ3v) is 8.74. The molecule has 1 saturated carbocycles. The lowest BCUT2D eigenvalue weighted by molar-refractivity contribution is -0.183. The van der Waals surface area contributed by atoms with Crippen molar-refractivity contribution in [2.75, 3.05) is 5.75 Å². The van der Waals surface area contributed by atoms with Gasteiger partial charge in [-0.25, -0.2) is 13.1 Å². The van der Waals surface area contributed by atoms with Crippen LogP contribution in [0, 0.1) is 5.92 Å². The maximum atomic E-state index is 14.0. The molecular formula is C27H32Cl2N2O6S. The van der Waals surface area contributed by atoms with Crippen LogP contribution in [0.25, 0.3) is 0 Å². The molecule has 8 nitrogen and oxygen atoms in total. The third-order valence-electron chi connectivity index (χ3n) is 6.55. The van der Waals surface area contributed by atoms with E-state index in [0.717, 1.165) is 12.8 Å². The molecule has 1 aliphatic heterocycles. The molecule has 0 aromatic heterocycles. The Labute approximate surface area is 233 Å². The Bertz CT molecular complexity index is 1290.